The van der Waals surface area contributed by atoms with Crippen LogP contribution in [0.25, 0.3) is 0 Å². The third kappa shape index (κ3) is 2.67. The van der Waals surface area contributed by atoms with Gasteiger partial charge in [0.1, 0.15) is 5.78 Å². The van der Waals surface area contributed by atoms with Crippen molar-refractivity contribution < 1.29 is 14.7 Å². The predicted molar refractivity (Wildman–Crippen MR) is 55.5 cm³/mol. The first kappa shape index (κ1) is 10.9. The molecule has 0 heterocycles. The summed E-state index contributed by atoms with van der Waals surface area (Å²) in [5, 5.41) is 8.73. The average Bonchev–Trinajstić information content (AvgIpc) is 2.07. The van der Waals surface area contributed by atoms with E-state index in [9.17, 15) is 9.59 Å². The lowest BCUT2D eigenvalue weighted by Crippen LogP contribution is -2.01. The van der Waals surface area contributed by atoms with Crippen LogP contribution in [-0.4, -0.2) is 16.9 Å². The summed E-state index contributed by atoms with van der Waals surface area (Å²) in [7, 11) is 0. The summed E-state index contributed by atoms with van der Waals surface area (Å²) in [5.41, 5.74) is 0.904. The van der Waals surface area contributed by atoms with Crippen LogP contribution < -0.4 is 0 Å². The Morgan fingerprint density at radius 1 is 1.43 bits per heavy atom. The topological polar surface area (TPSA) is 54.4 Å². The monoisotopic (exact) mass is 256 g/mol. The third-order valence-corrected chi connectivity index (χ3v) is 2.51. The van der Waals surface area contributed by atoms with E-state index in [0.717, 1.165) is 4.47 Å². The summed E-state index contributed by atoms with van der Waals surface area (Å²) in [5.74, 6) is -0.976. The minimum absolute atomic E-state index is 0.00763. The first-order chi connectivity index (χ1) is 6.50. The Bertz CT molecular complexity index is 385. The van der Waals surface area contributed by atoms with E-state index in [0.29, 0.717) is 5.56 Å². The predicted octanol–water partition coefficient (Wildman–Crippen LogP) is 2.28. The molecule has 0 aliphatic heterocycles. The SMILES string of the molecule is CC(=O)Cc1cc(C(=O)O)ccc1Br. The van der Waals surface area contributed by atoms with E-state index in [2.05, 4.69) is 15.9 Å². The Balaban J connectivity index is 3.08. The number of carboxylic acids is 1. The molecule has 0 spiro atoms. The van der Waals surface area contributed by atoms with Crippen LogP contribution in [0.3, 0.4) is 0 Å². The van der Waals surface area contributed by atoms with Gasteiger partial charge in [-0.3, -0.25) is 4.79 Å². The normalized spacial score (nSPS) is 9.86. The lowest BCUT2D eigenvalue weighted by atomic mass is 10.1. The lowest BCUT2D eigenvalue weighted by molar-refractivity contribution is -0.116. The summed E-state index contributed by atoms with van der Waals surface area (Å²) in [6.07, 6.45) is 0.252. The number of carbonyl (C=O) groups excluding carboxylic acids is 1. The van der Waals surface area contributed by atoms with Gasteiger partial charge < -0.3 is 5.11 Å². The van der Waals surface area contributed by atoms with Gasteiger partial charge in [0.2, 0.25) is 0 Å². The largest absolute Gasteiger partial charge is 0.478 e. The number of rotatable bonds is 3. The van der Waals surface area contributed by atoms with Crippen molar-refractivity contribution >= 4 is 27.7 Å². The number of Topliss-reactive ketones (excluding diaryl/α,β-unsaturated/α-hetero) is 1. The number of carboxylic acid groups (broad SMARTS) is 1. The fourth-order valence-electron chi connectivity index (χ4n) is 1.11. The molecule has 1 N–H and O–H groups in total. The van der Waals surface area contributed by atoms with Crippen LogP contribution >= 0.6 is 15.9 Å². The molecule has 0 atom stereocenters. The summed E-state index contributed by atoms with van der Waals surface area (Å²) >= 11 is 3.26. The highest BCUT2D eigenvalue weighted by Crippen LogP contribution is 2.19. The molecule has 0 saturated carbocycles. The van der Waals surface area contributed by atoms with Gasteiger partial charge in [-0.05, 0) is 30.7 Å². The second-order valence-electron chi connectivity index (χ2n) is 2.99. The van der Waals surface area contributed by atoms with Crippen LogP contribution in [-0.2, 0) is 11.2 Å². The van der Waals surface area contributed by atoms with E-state index in [1.807, 2.05) is 0 Å². The molecule has 0 aliphatic rings. The van der Waals surface area contributed by atoms with Crippen molar-refractivity contribution in [3.63, 3.8) is 0 Å². The molecular formula is C10H9BrO3. The van der Waals surface area contributed by atoms with Gasteiger partial charge in [-0.1, -0.05) is 15.9 Å². The number of ketones is 1. The van der Waals surface area contributed by atoms with Gasteiger partial charge in [0, 0.05) is 10.9 Å². The number of halogens is 1. The number of carbonyl (C=O) groups is 2. The van der Waals surface area contributed by atoms with E-state index in [1.165, 1.54) is 19.1 Å². The molecule has 74 valence electrons. The van der Waals surface area contributed by atoms with E-state index in [-0.39, 0.29) is 17.8 Å². The summed E-state index contributed by atoms with van der Waals surface area (Å²) in [4.78, 5) is 21.5. The highest BCUT2D eigenvalue weighted by Gasteiger charge is 2.08. The molecule has 1 aromatic rings. The quantitative estimate of drug-likeness (QED) is 0.903. The fraction of sp³-hybridized carbons (Fsp3) is 0.200. The molecule has 4 heteroatoms. The van der Waals surface area contributed by atoms with Crippen molar-refractivity contribution in [2.24, 2.45) is 0 Å². The standard InChI is InChI=1S/C10H9BrO3/c1-6(12)4-8-5-7(10(13)14)2-3-9(8)11/h2-3,5H,4H2,1H3,(H,13,14). The summed E-state index contributed by atoms with van der Waals surface area (Å²) in [6.45, 7) is 1.47. The molecule has 0 unspecified atom stereocenters. The minimum Gasteiger partial charge on any atom is -0.478 e. The Hall–Kier alpha value is -1.16. The average molecular weight is 257 g/mol. The molecule has 0 aromatic heterocycles. The number of hydrogen-bond donors (Lipinski definition) is 1. The van der Waals surface area contributed by atoms with Gasteiger partial charge >= 0.3 is 5.97 Å². The molecule has 0 radical (unpaired) electrons. The van der Waals surface area contributed by atoms with Crippen molar-refractivity contribution in [1.82, 2.24) is 0 Å². The Labute approximate surface area is 89.9 Å². The Kier molecular flexibility index (Phi) is 3.41. The molecule has 0 amide bonds. The molecule has 1 rings (SSSR count). The molecule has 14 heavy (non-hydrogen) atoms. The highest BCUT2D eigenvalue weighted by atomic mass is 79.9. The van der Waals surface area contributed by atoms with Gasteiger partial charge in [-0.2, -0.15) is 0 Å². The molecule has 0 fully saturated rings. The Morgan fingerprint density at radius 3 is 2.57 bits per heavy atom. The van der Waals surface area contributed by atoms with Gasteiger partial charge in [0.25, 0.3) is 0 Å². The molecule has 0 aliphatic carbocycles. The molecule has 1 aromatic carbocycles. The van der Waals surface area contributed by atoms with Gasteiger partial charge in [-0.25, -0.2) is 4.79 Å². The zero-order chi connectivity index (χ0) is 10.7. The molecule has 0 bridgehead atoms. The molecule has 3 nitrogen and oxygen atoms in total. The summed E-state index contributed by atoms with van der Waals surface area (Å²) in [6, 6.07) is 4.64. The Morgan fingerprint density at radius 2 is 2.07 bits per heavy atom. The van der Waals surface area contributed by atoms with E-state index >= 15 is 0 Å². The van der Waals surface area contributed by atoms with Gasteiger partial charge in [-0.15, -0.1) is 0 Å². The van der Waals surface area contributed by atoms with Crippen LogP contribution in [0.4, 0.5) is 0 Å². The smallest absolute Gasteiger partial charge is 0.335 e. The van der Waals surface area contributed by atoms with E-state index in [1.54, 1.807) is 6.07 Å². The maximum Gasteiger partial charge on any atom is 0.335 e. The summed E-state index contributed by atoms with van der Waals surface area (Å²) < 4.78 is 0.762. The third-order valence-electron chi connectivity index (χ3n) is 1.73. The minimum atomic E-state index is -0.984. The zero-order valence-corrected chi connectivity index (χ0v) is 9.17. The second kappa shape index (κ2) is 4.37. The van der Waals surface area contributed by atoms with Crippen molar-refractivity contribution in [3.05, 3.63) is 33.8 Å². The van der Waals surface area contributed by atoms with Crippen LogP contribution in [0.15, 0.2) is 22.7 Å². The van der Waals surface area contributed by atoms with Crippen molar-refractivity contribution in [2.75, 3.05) is 0 Å². The highest BCUT2D eigenvalue weighted by molar-refractivity contribution is 9.10. The first-order valence-corrected chi connectivity index (χ1v) is 4.81. The van der Waals surface area contributed by atoms with Crippen LogP contribution in [0.5, 0.6) is 0 Å². The van der Waals surface area contributed by atoms with Crippen LogP contribution in [0, 0.1) is 0 Å². The molecule has 0 saturated heterocycles. The number of hydrogen-bond acceptors (Lipinski definition) is 2. The fourth-order valence-corrected chi connectivity index (χ4v) is 1.50. The number of aromatic carboxylic acids is 1. The first-order valence-electron chi connectivity index (χ1n) is 4.02. The van der Waals surface area contributed by atoms with E-state index in [4.69, 9.17) is 5.11 Å². The zero-order valence-electron chi connectivity index (χ0n) is 7.58. The van der Waals surface area contributed by atoms with E-state index < -0.39 is 5.97 Å². The van der Waals surface area contributed by atoms with Gasteiger partial charge in [0.05, 0.1) is 5.56 Å². The molecular weight excluding hydrogens is 248 g/mol. The number of benzene rings is 1. The van der Waals surface area contributed by atoms with Crippen LogP contribution in [0.1, 0.15) is 22.8 Å². The second-order valence-corrected chi connectivity index (χ2v) is 3.84. The van der Waals surface area contributed by atoms with Crippen molar-refractivity contribution in [1.29, 1.82) is 0 Å². The van der Waals surface area contributed by atoms with Crippen molar-refractivity contribution in [3.8, 4) is 0 Å². The van der Waals surface area contributed by atoms with Crippen molar-refractivity contribution in [2.45, 2.75) is 13.3 Å². The van der Waals surface area contributed by atoms with Gasteiger partial charge in [0.15, 0.2) is 0 Å². The van der Waals surface area contributed by atoms with Crippen LogP contribution in [0.2, 0.25) is 0 Å². The maximum atomic E-state index is 10.9. The lowest BCUT2D eigenvalue weighted by Gasteiger charge is -2.03. The maximum absolute atomic E-state index is 10.9.